The highest BCUT2D eigenvalue weighted by atomic mass is 32.2. The smallest absolute Gasteiger partial charge is 0.269 e. The van der Waals surface area contributed by atoms with Crippen molar-refractivity contribution in [2.24, 2.45) is 17.8 Å². The molecule has 8 nitrogen and oxygen atoms in total. The number of nitro groups is 1. The monoisotopic (exact) mass is 497 g/mol. The number of thiophene rings is 1. The number of thioether (sulfide) groups is 1. The number of amides is 1. The van der Waals surface area contributed by atoms with Crippen LogP contribution in [0.5, 0.6) is 0 Å². The zero-order chi connectivity index (χ0) is 23.8. The number of aromatic nitrogens is 3. The normalized spacial score (nSPS) is 22.1. The van der Waals surface area contributed by atoms with Gasteiger partial charge in [0.15, 0.2) is 11.0 Å². The molecular formula is C24H27N5O3S2. The standard InChI is InChI=1S/C24H27N5O3S2/c1-14-10-18(29(31)32)7-8-20(14)25-22(30)13-34-24-27-26-23(21-4-3-9-33-21)28(24)15(2)19-12-16-5-6-17(19)11-16/h3-4,7-10,15-17,19H,5-6,11-13H2,1-2H3,(H,25,30). The second kappa shape index (κ2) is 9.50. The van der Waals surface area contributed by atoms with E-state index in [2.05, 4.69) is 33.1 Å². The lowest BCUT2D eigenvalue weighted by molar-refractivity contribution is -0.384. The van der Waals surface area contributed by atoms with Gasteiger partial charge in [0.2, 0.25) is 5.91 Å². The maximum Gasteiger partial charge on any atom is 0.269 e. The van der Waals surface area contributed by atoms with Crippen LogP contribution < -0.4 is 5.32 Å². The number of nitro benzene ring substituents is 1. The molecule has 2 aromatic heterocycles. The third-order valence-electron chi connectivity index (χ3n) is 7.25. The molecule has 2 aliphatic carbocycles. The summed E-state index contributed by atoms with van der Waals surface area (Å²) in [6.45, 7) is 4.02. The zero-order valence-corrected chi connectivity index (χ0v) is 20.8. The Morgan fingerprint density at radius 1 is 1.32 bits per heavy atom. The molecule has 5 rings (SSSR count). The van der Waals surface area contributed by atoms with Crippen LogP contribution in [-0.4, -0.2) is 31.3 Å². The van der Waals surface area contributed by atoms with E-state index >= 15 is 0 Å². The molecule has 0 saturated heterocycles. The molecule has 3 aromatic rings. The topological polar surface area (TPSA) is 103 Å². The fourth-order valence-electron chi connectivity index (χ4n) is 5.61. The lowest BCUT2D eigenvalue weighted by atomic mass is 9.84. The summed E-state index contributed by atoms with van der Waals surface area (Å²) in [5.41, 5.74) is 1.24. The molecular weight excluding hydrogens is 470 g/mol. The summed E-state index contributed by atoms with van der Waals surface area (Å²) >= 11 is 3.04. The van der Waals surface area contributed by atoms with Crippen LogP contribution in [0.25, 0.3) is 10.7 Å². The van der Waals surface area contributed by atoms with Gasteiger partial charge in [-0.05, 0) is 73.9 Å². The molecule has 10 heteroatoms. The van der Waals surface area contributed by atoms with Crippen molar-refractivity contribution < 1.29 is 9.72 Å². The average molecular weight is 498 g/mol. The van der Waals surface area contributed by atoms with Crippen molar-refractivity contribution in [2.45, 2.75) is 50.7 Å². The van der Waals surface area contributed by atoms with E-state index < -0.39 is 4.92 Å². The van der Waals surface area contributed by atoms with Gasteiger partial charge in [-0.3, -0.25) is 19.5 Å². The van der Waals surface area contributed by atoms with Crippen molar-refractivity contribution in [2.75, 3.05) is 11.1 Å². The number of hydrogen-bond acceptors (Lipinski definition) is 7. The summed E-state index contributed by atoms with van der Waals surface area (Å²) in [4.78, 5) is 24.3. The molecule has 34 heavy (non-hydrogen) atoms. The summed E-state index contributed by atoms with van der Waals surface area (Å²) in [5.74, 6) is 3.11. The minimum absolute atomic E-state index is 0.00804. The lowest BCUT2D eigenvalue weighted by Gasteiger charge is -2.30. The molecule has 2 saturated carbocycles. The van der Waals surface area contributed by atoms with Crippen LogP contribution in [0.1, 0.15) is 44.2 Å². The van der Waals surface area contributed by atoms with Gasteiger partial charge in [0.25, 0.3) is 5.69 Å². The minimum atomic E-state index is -0.441. The Bertz CT molecular complexity index is 1210. The van der Waals surface area contributed by atoms with Crippen LogP contribution in [-0.2, 0) is 4.79 Å². The summed E-state index contributed by atoms with van der Waals surface area (Å²) in [6, 6.07) is 8.79. The highest BCUT2D eigenvalue weighted by molar-refractivity contribution is 7.99. The number of hydrogen-bond donors (Lipinski definition) is 1. The number of rotatable bonds is 8. The number of benzene rings is 1. The Balaban J connectivity index is 1.33. The molecule has 4 unspecified atom stereocenters. The van der Waals surface area contributed by atoms with Gasteiger partial charge in [0, 0.05) is 23.9 Å². The van der Waals surface area contributed by atoms with Crippen molar-refractivity contribution >= 4 is 40.4 Å². The number of carbonyl (C=O) groups is 1. The van der Waals surface area contributed by atoms with E-state index in [1.54, 1.807) is 24.3 Å². The Kier molecular flexibility index (Phi) is 6.44. The Hall–Kier alpha value is -2.72. The lowest BCUT2D eigenvalue weighted by Crippen LogP contribution is -2.23. The van der Waals surface area contributed by atoms with Crippen LogP contribution in [0.3, 0.4) is 0 Å². The quantitative estimate of drug-likeness (QED) is 0.234. The molecule has 178 valence electrons. The van der Waals surface area contributed by atoms with Crippen molar-refractivity contribution in [1.29, 1.82) is 0 Å². The highest BCUT2D eigenvalue weighted by Gasteiger charge is 2.43. The number of nitrogens with one attached hydrogen (secondary N) is 1. The van der Waals surface area contributed by atoms with E-state index in [4.69, 9.17) is 0 Å². The van der Waals surface area contributed by atoms with Gasteiger partial charge in [-0.1, -0.05) is 24.2 Å². The number of non-ortho nitro benzene ring substituents is 1. The highest BCUT2D eigenvalue weighted by Crippen LogP contribution is 2.53. The summed E-state index contributed by atoms with van der Waals surface area (Å²) in [6.07, 6.45) is 5.27. The van der Waals surface area contributed by atoms with Crippen molar-refractivity contribution in [3.8, 4) is 10.7 Å². The fourth-order valence-corrected chi connectivity index (χ4v) is 7.14. The number of anilines is 1. The van der Waals surface area contributed by atoms with Gasteiger partial charge in [0.05, 0.1) is 15.6 Å². The maximum atomic E-state index is 12.7. The number of carbonyl (C=O) groups excluding carboxylic acids is 1. The van der Waals surface area contributed by atoms with Crippen LogP contribution in [0.2, 0.25) is 0 Å². The predicted molar refractivity (Wildman–Crippen MR) is 134 cm³/mol. The molecule has 4 atom stereocenters. The second-order valence-corrected chi connectivity index (χ2v) is 11.2. The van der Waals surface area contributed by atoms with Gasteiger partial charge in [-0.2, -0.15) is 0 Å². The van der Waals surface area contributed by atoms with Gasteiger partial charge in [0.1, 0.15) is 0 Å². The Morgan fingerprint density at radius 2 is 2.18 bits per heavy atom. The van der Waals surface area contributed by atoms with E-state index in [0.717, 1.165) is 27.7 Å². The summed E-state index contributed by atoms with van der Waals surface area (Å²) in [7, 11) is 0. The van der Waals surface area contributed by atoms with Gasteiger partial charge in [-0.25, -0.2) is 0 Å². The molecule has 1 aromatic carbocycles. The molecule has 2 bridgehead atoms. The first kappa shape index (κ1) is 23.0. The molecule has 0 radical (unpaired) electrons. The molecule has 2 aliphatic rings. The van der Waals surface area contributed by atoms with E-state index in [0.29, 0.717) is 17.2 Å². The SMILES string of the molecule is Cc1cc([N+](=O)[O-])ccc1NC(=O)CSc1nnc(-c2cccs2)n1C(C)C1CC2CCC1C2. The predicted octanol–water partition coefficient (Wildman–Crippen LogP) is 5.95. The van der Waals surface area contributed by atoms with Crippen LogP contribution >= 0.6 is 23.1 Å². The molecule has 1 amide bonds. The first-order chi connectivity index (χ1) is 16.4. The summed E-state index contributed by atoms with van der Waals surface area (Å²) < 4.78 is 2.24. The average Bonchev–Trinajstić information content (AvgIpc) is 3.62. The van der Waals surface area contributed by atoms with Gasteiger partial charge in [-0.15, -0.1) is 21.5 Å². The molecule has 2 fully saturated rings. The third kappa shape index (κ3) is 4.48. The van der Waals surface area contributed by atoms with Gasteiger partial charge >= 0.3 is 0 Å². The summed E-state index contributed by atoms with van der Waals surface area (Å²) in [5, 5.41) is 25.6. The number of aryl methyl sites for hydroxylation is 1. The van der Waals surface area contributed by atoms with Crippen molar-refractivity contribution in [3.63, 3.8) is 0 Å². The Labute approximate surface area is 206 Å². The fraction of sp³-hybridized carbons (Fsp3) is 0.458. The largest absolute Gasteiger partial charge is 0.325 e. The van der Waals surface area contributed by atoms with E-state index in [1.165, 1.54) is 49.6 Å². The van der Waals surface area contributed by atoms with Gasteiger partial charge < -0.3 is 5.32 Å². The first-order valence-corrected chi connectivity index (χ1v) is 13.4. The van der Waals surface area contributed by atoms with Crippen molar-refractivity contribution in [1.82, 2.24) is 14.8 Å². The third-order valence-corrected chi connectivity index (χ3v) is 9.06. The zero-order valence-electron chi connectivity index (χ0n) is 19.1. The molecule has 2 heterocycles. The maximum absolute atomic E-state index is 12.7. The molecule has 0 aliphatic heterocycles. The minimum Gasteiger partial charge on any atom is -0.325 e. The van der Waals surface area contributed by atoms with Crippen LogP contribution in [0, 0.1) is 34.8 Å². The number of fused-ring (bicyclic) bond motifs is 2. The van der Waals surface area contributed by atoms with E-state index in [1.807, 2.05) is 11.4 Å². The van der Waals surface area contributed by atoms with Crippen LogP contribution in [0.4, 0.5) is 11.4 Å². The number of nitrogens with zero attached hydrogens (tertiary/aromatic N) is 4. The first-order valence-electron chi connectivity index (χ1n) is 11.6. The molecule has 0 spiro atoms. The van der Waals surface area contributed by atoms with Crippen molar-refractivity contribution in [3.05, 3.63) is 51.4 Å². The van der Waals surface area contributed by atoms with E-state index in [-0.39, 0.29) is 23.4 Å². The van der Waals surface area contributed by atoms with E-state index in [9.17, 15) is 14.9 Å². The second-order valence-electron chi connectivity index (χ2n) is 9.33. The Morgan fingerprint density at radius 3 is 2.82 bits per heavy atom. The van der Waals surface area contributed by atoms with Crippen LogP contribution in [0.15, 0.2) is 40.9 Å². The molecule has 1 N–H and O–H groups in total.